The van der Waals surface area contributed by atoms with Crippen LogP contribution in [-0.2, 0) is 60.2 Å². The number of aliphatic hydroxyl groups is 2. The monoisotopic (exact) mass is 811 g/mol. The fourth-order valence-corrected chi connectivity index (χ4v) is 8.95. The van der Waals surface area contributed by atoms with E-state index >= 15 is 0 Å². The van der Waals surface area contributed by atoms with Crippen LogP contribution in [-0.4, -0.2) is 60.9 Å². The van der Waals surface area contributed by atoms with Crippen LogP contribution in [0.3, 0.4) is 0 Å². The minimum Gasteiger partial charge on any atom is -0.493 e. The van der Waals surface area contributed by atoms with Gasteiger partial charge in [-0.3, -0.25) is 0 Å². The van der Waals surface area contributed by atoms with E-state index in [4.69, 9.17) is 30.4 Å². The van der Waals surface area contributed by atoms with Gasteiger partial charge in [-0.05, 0) is 61.8 Å². The van der Waals surface area contributed by atoms with Crippen molar-refractivity contribution in [2.45, 2.75) is 114 Å². The molecule has 2 heterocycles. The van der Waals surface area contributed by atoms with E-state index in [0.29, 0.717) is 12.8 Å². The maximum absolute atomic E-state index is 10.0. The summed E-state index contributed by atoms with van der Waals surface area (Å²) in [6.07, 6.45) is 14.0. The first kappa shape index (κ1) is 40.0. The molecule has 2 aromatic carbocycles. The molecule has 1 radical (unpaired) electrons. The van der Waals surface area contributed by atoms with Gasteiger partial charge in [-0.15, -0.1) is 0 Å². The number of hydrogen-bond donors (Lipinski definition) is 4. The Balaban J connectivity index is 0.000000236. The summed E-state index contributed by atoms with van der Waals surface area (Å²) in [7, 11) is 3.33. The molecule has 47 heavy (non-hydrogen) atoms. The third kappa shape index (κ3) is 6.49. The zero-order valence-electron chi connectivity index (χ0n) is 25.7. The normalized spacial score (nSPS) is 32.8. The third-order valence-corrected chi connectivity index (χ3v) is 11.2. The fraction of sp³-hybridized carbons (Fsp3) is 0.556. The van der Waals surface area contributed by atoms with Crippen LogP contribution in [0.2, 0.25) is 0 Å². The predicted octanol–water partition coefficient (Wildman–Crippen LogP) is 5.39. The zero-order chi connectivity index (χ0) is 30.1. The quantitative estimate of drug-likeness (QED) is 0.235. The number of nitrogens with two attached hydrogens (primary N) is 2. The average Bonchev–Trinajstić information content (AvgIpc) is 3.39. The molecule has 0 aromatic heterocycles. The Hall–Kier alpha value is -1.42. The molecule has 0 saturated carbocycles. The third-order valence-electron chi connectivity index (χ3n) is 10.5. The van der Waals surface area contributed by atoms with Crippen molar-refractivity contribution < 1.29 is 65.7 Å². The molecule has 259 valence electrons. The Labute approximate surface area is 311 Å². The van der Waals surface area contributed by atoms with Crippen molar-refractivity contribution >= 4 is 15.9 Å². The van der Waals surface area contributed by atoms with Gasteiger partial charge in [-0.25, -0.2) is 0 Å². The van der Waals surface area contributed by atoms with Crippen molar-refractivity contribution in [2.75, 3.05) is 14.2 Å². The van der Waals surface area contributed by atoms with E-state index in [0.717, 1.165) is 66.0 Å². The predicted molar refractivity (Wildman–Crippen MR) is 181 cm³/mol. The van der Waals surface area contributed by atoms with Gasteiger partial charge in [0.1, 0.15) is 12.2 Å². The smallest absolute Gasteiger partial charge is 0.166 e. The topological polar surface area (TPSA) is 129 Å². The first-order valence-corrected chi connectivity index (χ1v) is 16.2. The molecule has 6 unspecified atom stereocenters. The van der Waals surface area contributed by atoms with Gasteiger partial charge >= 0.3 is 0 Å². The van der Waals surface area contributed by atoms with E-state index in [-0.39, 0.29) is 86.5 Å². The Morgan fingerprint density at radius 3 is 1.87 bits per heavy atom. The summed E-state index contributed by atoms with van der Waals surface area (Å²) in [4.78, 5) is 0. The Bertz CT molecular complexity index is 1510. The van der Waals surface area contributed by atoms with E-state index in [2.05, 4.69) is 34.1 Å². The SMILES string of the molecule is C.C.COc1cc(Br)c2c3c1OC1C[C@@H](O)C=CC31CCC(N)C2.COc1ccc2c3c1OC1C[C@@H](O)C=CC31CCC(N)C2.[Cu].[Zn]. The van der Waals surface area contributed by atoms with Crippen LogP contribution in [0.25, 0.3) is 0 Å². The van der Waals surface area contributed by atoms with Crippen LogP contribution in [0.15, 0.2) is 47.0 Å². The Kier molecular flexibility index (Phi) is 13.0. The molecular formula is C36H49BrCuN2O6Zn. The van der Waals surface area contributed by atoms with Gasteiger partial charge < -0.3 is 40.6 Å². The second-order valence-electron chi connectivity index (χ2n) is 13.0. The Morgan fingerprint density at radius 1 is 0.809 bits per heavy atom. The van der Waals surface area contributed by atoms with Crippen molar-refractivity contribution in [2.24, 2.45) is 11.5 Å². The first-order chi connectivity index (χ1) is 20.7. The molecule has 2 aromatic rings. The molecule has 6 N–H and O–H groups in total. The maximum Gasteiger partial charge on any atom is 0.166 e. The summed E-state index contributed by atoms with van der Waals surface area (Å²) in [6.45, 7) is 0. The summed E-state index contributed by atoms with van der Waals surface area (Å²) in [6, 6.07) is 6.39. The van der Waals surface area contributed by atoms with Gasteiger partial charge in [0.25, 0.3) is 0 Å². The molecule has 0 amide bonds. The van der Waals surface area contributed by atoms with Crippen LogP contribution < -0.4 is 30.4 Å². The van der Waals surface area contributed by atoms with Gasteiger partial charge in [-0.2, -0.15) is 0 Å². The van der Waals surface area contributed by atoms with Crippen LogP contribution >= 0.6 is 15.9 Å². The zero-order valence-corrected chi connectivity index (χ0v) is 31.2. The number of aliphatic hydroxyl groups excluding tert-OH is 2. The molecular weight excluding hydrogens is 765 g/mol. The second-order valence-corrected chi connectivity index (χ2v) is 13.9. The van der Waals surface area contributed by atoms with E-state index in [1.165, 1.54) is 22.3 Å². The molecule has 2 spiro atoms. The summed E-state index contributed by atoms with van der Waals surface area (Å²) < 4.78 is 24.5. The number of ether oxygens (including phenoxy) is 4. The number of hydrogen-bond acceptors (Lipinski definition) is 8. The summed E-state index contributed by atoms with van der Waals surface area (Å²) >= 11 is 3.69. The van der Waals surface area contributed by atoms with E-state index in [9.17, 15) is 10.2 Å². The average molecular weight is 815 g/mol. The van der Waals surface area contributed by atoms with E-state index in [1.807, 2.05) is 24.3 Å². The number of benzene rings is 2. The minimum atomic E-state index is -0.445. The second kappa shape index (κ2) is 15.2. The standard InChI is InChI=1S/C17H20BrNO3.C17H21NO3.2CH4.Cu.Zn/c1-21-13-8-12(18)11-6-9(19)2-4-17-5-3-10(20)7-14(17)22-16(13)15(11)17;1-20-13-3-2-10-8-11(18)4-6-17-7-5-12(19)9-14(17)21-16(13)15(10)17;;;;/h3,5,8-10,14,20H,2,4,6-7,19H2,1H3;2-3,5,7,11-12,14,19H,4,6,8-9,18H2,1H3;2*1H4;;/t9?,10-,14?,17?;11?,12-,14?,17?;;;;/m00..../s1. The van der Waals surface area contributed by atoms with Crippen molar-refractivity contribution in [1.29, 1.82) is 0 Å². The fourth-order valence-electron chi connectivity index (χ4n) is 8.38. The van der Waals surface area contributed by atoms with Crippen molar-refractivity contribution in [3.63, 3.8) is 0 Å². The molecule has 11 heteroatoms. The van der Waals surface area contributed by atoms with Crippen molar-refractivity contribution in [3.8, 4) is 23.0 Å². The van der Waals surface area contributed by atoms with E-state index in [1.54, 1.807) is 14.2 Å². The molecule has 4 aliphatic carbocycles. The molecule has 8 rings (SSSR count). The van der Waals surface area contributed by atoms with Gasteiger partial charge in [0.05, 0.1) is 37.3 Å². The molecule has 0 bridgehead atoms. The van der Waals surface area contributed by atoms with Crippen LogP contribution in [0.1, 0.15) is 75.6 Å². The largest absolute Gasteiger partial charge is 0.493 e. The maximum atomic E-state index is 10.0. The van der Waals surface area contributed by atoms with Gasteiger partial charge in [0.2, 0.25) is 0 Å². The van der Waals surface area contributed by atoms with E-state index < -0.39 is 12.2 Å². The van der Waals surface area contributed by atoms with Crippen molar-refractivity contribution in [1.82, 2.24) is 0 Å². The molecule has 0 fully saturated rings. The molecule has 8 nitrogen and oxygen atoms in total. The van der Waals surface area contributed by atoms with Crippen molar-refractivity contribution in [3.05, 3.63) is 69.2 Å². The summed E-state index contributed by atoms with van der Waals surface area (Å²) in [5.74, 6) is 3.21. The summed E-state index contributed by atoms with van der Waals surface area (Å²) in [5, 5.41) is 20.0. The Morgan fingerprint density at radius 2 is 1.32 bits per heavy atom. The van der Waals surface area contributed by atoms with Gasteiger partial charge in [-0.1, -0.05) is 61.2 Å². The number of rotatable bonds is 2. The van der Waals surface area contributed by atoms with Gasteiger partial charge in [0, 0.05) is 77.1 Å². The summed E-state index contributed by atoms with van der Waals surface area (Å²) in [5.41, 5.74) is 17.2. The first-order valence-electron chi connectivity index (χ1n) is 15.4. The van der Waals surface area contributed by atoms with Crippen LogP contribution in [0, 0.1) is 0 Å². The van der Waals surface area contributed by atoms with Crippen LogP contribution in [0.5, 0.6) is 23.0 Å². The number of halogens is 1. The molecule has 6 aliphatic rings. The molecule has 0 saturated heterocycles. The molecule has 2 aliphatic heterocycles. The van der Waals surface area contributed by atoms with Crippen LogP contribution in [0.4, 0.5) is 0 Å². The molecule has 8 atom stereocenters. The number of methoxy groups -OCH3 is 2. The van der Waals surface area contributed by atoms with Gasteiger partial charge in [0.15, 0.2) is 23.0 Å². The minimum absolute atomic E-state index is 0.